The molecule has 1 heterocycles. The van der Waals surface area contributed by atoms with Gasteiger partial charge in [0.2, 0.25) is 15.9 Å². The Kier molecular flexibility index (Phi) is 9.06. The molecule has 0 radical (unpaired) electrons. The molecular formula is C33H38N4O4S. The summed E-state index contributed by atoms with van der Waals surface area (Å²) in [5.41, 5.74) is 5.49. The molecule has 1 aliphatic carbocycles. The predicted molar refractivity (Wildman–Crippen MR) is 167 cm³/mol. The van der Waals surface area contributed by atoms with Crippen LogP contribution in [-0.4, -0.2) is 36.0 Å². The number of aryl methyl sites for hydroxylation is 1. The van der Waals surface area contributed by atoms with Gasteiger partial charge in [0.25, 0.3) is 5.91 Å². The van der Waals surface area contributed by atoms with Crippen LogP contribution in [0.1, 0.15) is 73.6 Å². The highest BCUT2D eigenvalue weighted by Gasteiger charge is 2.22. The first-order valence-corrected chi connectivity index (χ1v) is 16.6. The van der Waals surface area contributed by atoms with Crippen molar-refractivity contribution in [2.75, 3.05) is 11.6 Å². The summed E-state index contributed by atoms with van der Waals surface area (Å²) in [4.78, 5) is 30.5. The monoisotopic (exact) mass is 586 g/mol. The van der Waals surface area contributed by atoms with E-state index in [1.807, 2.05) is 54.6 Å². The molecule has 0 spiro atoms. The third-order valence-corrected chi connectivity index (χ3v) is 8.44. The fourth-order valence-electron chi connectivity index (χ4n) is 5.69. The minimum absolute atomic E-state index is 0.0839. The van der Waals surface area contributed by atoms with Crippen LogP contribution in [-0.2, 0) is 27.8 Å². The molecule has 8 nitrogen and oxygen atoms in total. The van der Waals surface area contributed by atoms with Gasteiger partial charge in [-0.05, 0) is 60.2 Å². The maximum atomic E-state index is 12.9. The first kappa shape index (κ1) is 29.5. The topological polar surface area (TPSA) is 110 Å². The lowest BCUT2D eigenvalue weighted by atomic mass is 9.88. The lowest BCUT2D eigenvalue weighted by Gasteiger charge is -2.20. The first-order chi connectivity index (χ1) is 20.2. The van der Waals surface area contributed by atoms with Crippen LogP contribution in [0.5, 0.6) is 0 Å². The maximum Gasteiger partial charge on any atom is 0.265 e. The maximum absolute atomic E-state index is 12.9. The van der Waals surface area contributed by atoms with Crippen molar-refractivity contribution in [2.45, 2.75) is 64.8 Å². The van der Waals surface area contributed by atoms with Gasteiger partial charge in [0.15, 0.2) is 0 Å². The molecule has 42 heavy (non-hydrogen) atoms. The second-order valence-corrected chi connectivity index (χ2v) is 12.9. The summed E-state index contributed by atoms with van der Waals surface area (Å²) in [7, 11) is -3.68. The Hall–Kier alpha value is -3.98. The van der Waals surface area contributed by atoms with E-state index in [2.05, 4.69) is 21.5 Å². The lowest BCUT2D eigenvalue weighted by molar-refractivity contribution is -0.120. The number of amides is 2. The molecule has 1 saturated carbocycles. The molecule has 0 bridgehead atoms. The summed E-state index contributed by atoms with van der Waals surface area (Å²) >= 11 is 0. The van der Waals surface area contributed by atoms with Gasteiger partial charge in [-0.3, -0.25) is 9.59 Å². The zero-order valence-corrected chi connectivity index (χ0v) is 25.0. The normalized spacial score (nSPS) is 14.1. The van der Waals surface area contributed by atoms with Crippen molar-refractivity contribution < 1.29 is 18.0 Å². The summed E-state index contributed by atoms with van der Waals surface area (Å²) in [6.45, 7) is 2.77. The zero-order chi connectivity index (χ0) is 29.7. The van der Waals surface area contributed by atoms with Crippen molar-refractivity contribution in [2.24, 2.45) is 5.92 Å². The number of unbranched alkanes of at least 4 members (excludes halogenated alkanes) is 1. The van der Waals surface area contributed by atoms with Crippen LogP contribution < -0.4 is 10.0 Å². The van der Waals surface area contributed by atoms with Crippen molar-refractivity contribution >= 4 is 38.6 Å². The number of carbonyl (C=O) groups is 2. The number of hydrogen-bond donors (Lipinski definition) is 2. The van der Waals surface area contributed by atoms with Gasteiger partial charge < -0.3 is 9.88 Å². The second kappa shape index (κ2) is 12.9. The van der Waals surface area contributed by atoms with Gasteiger partial charge in [-0.1, -0.05) is 75.1 Å². The Labute approximate surface area is 247 Å². The van der Waals surface area contributed by atoms with E-state index in [4.69, 9.17) is 4.98 Å². The molecule has 2 N–H and O–H groups in total. The smallest absolute Gasteiger partial charge is 0.265 e. The van der Waals surface area contributed by atoms with E-state index < -0.39 is 15.9 Å². The number of rotatable bonds is 10. The fourth-order valence-corrected chi connectivity index (χ4v) is 6.14. The number of fused-ring (bicyclic) bond motifs is 1. The summed E-state index contributed by atoms with van der Waals surface area (Å²) in [6, 6.07) is 20.8. The van der Waals surface area contributed by atoms with Crippen molar-refractivity contribution in [1.29, 1.82) is 0 Å². The molecule has 0 saturated heterocycles. The van der Waals surface area contributed by atoms with Gasteiger partial charge in [-0.25, -0.2) is 18.1 Å². The molecule has 0 unspecified atom stereocenters. The molecule has 1 fully saturated rings. The van der Waals surface area contributed by atoms with Crippen LogP contribution in [0.4, 0.5) is 5.69 Å². The molecule has 0 atom stereocenters. The van der Waals surface area contributed by atoms with Crippen LogP contribution in [0.25, 0.3) is 22.2 Å². The predicted octanol–water partition coefficient (Wildman–Crippen LogP) is 6.30. The van der Waals surface area contributed by atoms with Gasteiger partial charge in [0, 0.05) is 30.1 Å². The van der Waals surface area contributed by atoms with Gasteiger partial charge in [-0.2, -0.15) is 0 Å². The van der Waals surface area contributed by atoms with E-state index >= 15 is 0 Å². The molecule has 4 aromatic rings. The molecule has 0 aliphatic heterocycles. The average Bonchev–Trinajstić information content (AvgIpc) is 3.32. The summed E-state index contributed by atoms with van der Waals surface area (Å²) in [5.74, 6) is 0.538. The third kappa shape index (κ3) is 7.07. The number of imidazole rings is 1. The first-order valence-electron chi connectivity index (χ1n) is 14.7. The van der Waals surface area contributed by atoms with Crippen molar-refractivity contribution in [3.05, 3.63) is 83.7 Å². The SMILES string of the molecule is CCCCc1nc2ccc(NC(=O)C3CCCCC3)cc2n1Cc1ccc(-c2ccccc2C(=O)NS(C)(=O)=O)cc1. The molecule has 220 valence electrons. The standard InChI is InChI=1S/C33H38N4O4S/c1-3-4-14-31-35-29-20-19-26(34-32(38)25-10-6-5-7-11-25)21-30(29)37(31)22-23-15-17-24(18-16-23)27-12-8-9-13-28(27)33(39)36-42(2,40)41/h8-9,12-13,15-21,25H,3-7,10-11,14,22H2,1-2H3,(H,34,38)(H,36,39). The van der Waals surface area contributed by atoms with Crippen LogP contribution >= 0.6 is 0 Å². The number of carbonyl (C=O) groups excluding carboxylic acids is 2. The molecule has 2 amide bonds. The molecule has 1 aliphatic rings. The van der Waals surface area contributed by atoms with Crippen LogP contribution in [0, 0.1) is 5.92 Å². The van der Waals surface area contributed by atoms with Crippen molar-refractivity contribution in [1.82, 2.24) is 14.3 Å². The van der Waals surface area contributed by atoms with Crippen LogP contribution in [0.15, 0.2) is 66.7 Å². The molecule has 9 heteroatoms. The van der Waals surface area contributed by atoms with Gasteiger partial charge in [0.1, 0.15) is 5.82 Å². The Balaban J connectivity index is 1.41. The molecular weight excluding hydrogens is 548 g/mol. The lowest BCUT2D eigenvalue weighted by Crippen LogP contribution is -2.29. The van der Waals surface area contributed by atoms with E-state index in [-0.39, 0.29) is 11.8 Å². The van der Waals surface area contributed by atoms with Crippen molar-refractivity contribution in [3.8, 4) is 11.1 Å². The number of nitrogens with zero attached hydrogens (tertiary/aromatic N) is 2. The summed E-state index contributed by atoms with van der Waals surface area (Å²) < 4.78 is 27.5. The van der Waals surface area contributed by atoms with E-state index in [0.29, 0.717) is 17.7 Å². The van der Waals surface area contributed by atoms with Gasteiger partial charge >= 0.3 is 0 Å². The van der Waals surface area contributed by atoms with Gasteiger partial charge in [0.05, 0.1) is 17.3 Å². The van der Waals surface area contributed by atoms with E-state index in [1.165, 1.54) is 6.42 Å². The fraction of sp³-hybridized carbons (Fsp3) is 0.364. The second-order valence-electron chi connectivity index (χ2n) is 11.2. The Morgan fingerprint density at radius 2 is 1.71 bits per heavy atom. The number of aromatic nitrogens is 2. The van der Waals surface area contributed by atoms with E-state index in [1.54, 1.807) is 12.1 Å². The van der Waals surface area contributed by atoms with Crippen molar-refractivity contribution in [3.63, 3.8) is 0 Å². The molecule has 5 rings (SSSR count). The largest absolute Gasteiger partial charge is 0.326 e. The number of sulfonamides is 1. The summed E-state index contributed by atoms with van der Waals surface area (Å²) in [5, 5.41) is 3.15. The van der Waals surface area contributed by atoms with E-state index in [9.17, 15) is 18.0 Å². The zero-order valence-electron chi connectivity index (χ0n) is 24.2. The van der Waals surface area contributed by atoms with E-state index in [0.717, 1.165) is 84.9 Å². The minimum atomic E-state index is -3.68. The number of hydrogen-bond acceptors (Lipinski definition) is 5. The van der Waals surface area contributed by atoms with Gasteiger partial charge in [-0.15, -0.1) is 0 Å². The Bertz CT molecular complexity index is 1690. The minimum Gasteiger partial charge on any atom is -0.326 e. The average molecular weight is 587 g/mol. The quantitative estimate of drug-likeness (QED) is 0.227. The Morgan fingerprint density at radius 3 is 2.43 bits per heavy atom. The van der Waals surface area contributed by atoms with Crippen LogP contribution in [0.3, 0.4) is 0 Å². The third-order valence-electron chi connectivity index (χ3n) is 7.88. The summed E-state index contributed by atoms with van der Waals surface area (Å²) in [6.07, 6.45) is 9.26. The molecule has 3 aromatic carbocycles. The highest BCUT2D eigenvalue weighted by atomic mass is 32.2. The molecule has 1 aromatic heterocycles. The number of benzene rings is 3. The highest BCUT2D eigenvalue weighted by molar-refractivity contribution is 7.89. The number of nitrogens with one attached hydrogen (secondary N) is 2. The highest BCUT2D eigenvalue weighted by Crippen LogP contribution is 2.28. The van der Waals surface area contributed by atoms with Crippen LogP contribution in [0.2, 0.25) is 0 Å². The number of anilines is 1. The Morgan fingerprint density at radius 1 is 0.976 bits per heavy atom.